The summed E-state index contributed by atoms with van der Waals surface area (Å²) in [4.78, 5) is 26.3. The summed E-state index contributed by atoms with van der Waals surface area (Å²) in [5, 5.41) is 20.7. The molecule has 2 aromatic rings. The van der Waals surface area contributed by atoms with E-state index in [-0.39, 0.29) is 41.7 Å². The average Bonchev–Trinajstić information content (AvgIpc) is 2.89. The summed E-state index contributed by atoms with van der Waals surface area (Å²) in [7, 11) is 0. The van der Waals surface area contributed by atoms with Gasteiger partial charge in [-0.25, -0.2) is 4.79 Å². The van der Waals surface area contributed by atoms with E-state index in [1.165, 1.54) is 0 Å². The van der Waals surface area contributed by atoms with Crippen LogP contribution >= 0.6 is 56.8 Å². The molecule has 0 amide bonds. The van der Waals surface area contributed by atoms with Gasteiger partial charge in [-0.2, -0.15) is 0 Å². The van der Waals surface area contributed by atoms with E-state index >= 15 is 0 Å². The van der Waals surface area contributed by atoms with Gasteiger partial charge in [0.2, 0.25) is 0 Å². The van der Waals surface area contributed by atoms with Crippen LogP contribution in [0.1, 0.15) is 84.4 Å². The first-order chi connectivity index (χ1) is 19.2. The fourth-order valence-electron chi connectivity index (χ4n) is 6.27. The van der Waals surface area contributed by atoms with Gasteiger partial charge in [-0.3, -0.25) is 4.79 Å². The van der Waals surface area contributed by atoms with Gasteiger partial charge in [-0.15, -0.1) is 11.6 Å². The zero-order chi connectivity index (χ0) is 32.0. The van der Waals surface area contributed by atoms with Crippen molar-refractivity contribution < 1.29 is 29.3 Å². The number of hydrogen-bond acceptors (Lipinski definition) is 6. The first-order valence-electron chi connectivity index (χ1n) is 14.3. The highest BCUT2D eigenvalue weighted by Crippen LogP contribution is 2.62. The molecule has 2 aromatic carbocycles. The Hall–Kier alpha value is -1.27. The molecule has 0 aliphatic heterocycles. The third kappa shape index (κ3) is 6.28. The SMILES string of the molecule is Cc1cc(COC(=O)C2(CC(C)(C)C(C)(C)C(Cl)(C(=O)Oc3cc(I)cc(C)c3O)C(C)C)CCC2C)cc(I)c1O. The van der Waals surface area contributed by atoms with Crippen molar-refractivity contribution >= 4 is 68.7 Å². The fraction of sp³-hybridized carbons (Fsp3) is 0.576. The van der Waals surface area contributed by atoms with E-state index < -0.39 is 27.1 Å². The van der Waals surface area contributed by atoms with Gasteiger partial charge >= 0.3 is 11.9 Å². The molecular formula is C33H43ClI2O6. The minimum Gasteiger partial charge on any atom is -0.507 e. The van der Waals surface area contributed by atoms with Crippen LogP contribution in [0.3, 0.4) is 0 Å². The van der Waals surface area contributed by atoms with Crippen molar-refractivity contribution in [3.05, 3.63) is 48.1 Å². The molecule has 0 saturated heterocycles. The van der Waals surface area contributed by atoms with Gasteiger partial charge in [-0.1, -0.05) is 48.5 Å². The highest BCUT2D eigenvalue weighted by Gasteiger charge is 2.63. The van der Waals surface area contributed by atoms with E-state index in [4.69, 9.17) is 21.1 Å². The van der Waals surface area contributed by atoms with Crippen molar-refractivity contribution in [2.75, 3.05) is 0 Å². The zero-order valence-electron chi connectivity index (χ0n) is 26.0. The van der Waals surface area contributed by atoms with E-state index in [1.807, 2.05) is 46.8 Å². The smallest absolute Gasteiger partial charge is 0.333 e. The molecule has 1 fully saturated rings. The molecule has 0 bridgehead atoms. The molecule has 1 aliphatic rings. The molecular weight excluding hydrogens is 782 g/mol. The van der Waals surface area contributed by atoms with Crippen molar-refractivity contribution in [3.8, 4) is 17.2 Å². The second-order valence-electron chi connectivity index (χ2n) is 13.4. The van der Waals surface area contributed by atoms with Gasteiger partial charge in [0, 0.05) is 8.99 Å². The molecule has 3 atom stereocenters. The summed E-state index contributed by atoms with van der Waals surface area (Å²) in [6.07, 6.45) is 2.07. The molecule has 0 spiro atoms. The van der Waals surface area contributed by atoms with Crippen molar-refractivity contribution in [2.45, 2.75) is 93.1 Å². The number of ether oxygens (including phenoxy) is 2. The van der Waals surface area contributed by atoms with Gasteiger partial charge < -0.3 is 19.7 Å². The van der Waals surface area contributed by atoms with Gasteiger partial charge in [0.05, 0.1) is 8.99 Å². The lowest BCUT2D eigenvalue weighted by molar-refractivity contribution is -0.177. The number of esters is 2. The molecule has 9 heteroatoms. The minimum atomic E-state index is -1.48. The summed E-state index contributed by atoms with van der Waals surface area (Å²) in [5.41, 5.74) is -0.0309. The van der Waals surface area contributed by atoms with Crippen LogP contribution in [-0.4, -0.2) is 27.0 Å². The molecule has 3 rings (SSSR count). The Balaban J connectivity index is 1.91. The van der Waals surface area contributed by atoms with Crippen LogP contribution in [-0.2, 0) is 20.9 Å². The van der Waals surface area contributed by atoms with E-state index in [9.17, 15) is 19.8 Å². The number of rotatable bonds is 10. The number of hydrogen-bond donors (Lipinski definition) is 2. The monoisotopic (exact) mass is 824 g/mol. The van der Waals surface area contributed by atoms with Gasteiger partial charge in [0.1, 0.15) is 17.2 Å². The normalized spacial score (nSPS) is 20.5. The fourth-order valence-corrected chi connectivity index (χ4v) is 8.14. The van der Waals surface area contributed by atoms with E-state index in [0.717, 1.165) is 21.1 Å². The third-order valence-electron chi connectivity index (χ3n) is 9.94. The first kappa shape index (κ1) is 35.2. The van der Waals surface area contributed by atoms with Crippen molar-refractivity contribution in [1.29, 1.82) is 0 Å². The molecule has 1 aliphatic carbocycles. The van der Waals surface area contributed by atoms with Crippen LogP contribution in [0.5, 0.6) is 17.2 Å². The van der Waals surface area contributed by atoms with E-state index in [2.05, 4.69) is 66.0 Å². The van der Waals surface area contributed by atoms with Crippen molar-refractivity contribution in [3.63, 3.8) is 0 Å². The second kappa shape index (κ2) is 12.6. The molecule has 0 aromatic heterocycles. The number of aromatic hydroxyl groups is 2. The Morgan fingerprint density at radius 1 is 1.05 bits per heavy atom. The number of phenols is 2. The van der Waals surface area contributed by atoms with Gasteiger partial charge in [0.15, 0.2) is 11.5 Å². The second-order valence-corrected chi connectivity index (χ2v) is 16.4. The summed E-state index contributed by atoms with van der Waals surface area (Å²) >= 11 is 11.6. The molecule has 2 N–H and O–H groups in total. The van der Waals surface area contributed by atoms with E-state index in [0.29, 0.717) is 22.0 Å². The highest BCUT2D eigenvalue weighted by atomic mass is 127. The summed E-state index contributed by atoms with van der Waals surface area (Å²) in [6, 6.07) is 7.08. The lowest BCUT2D eigenvalue weighted by Crippen LogP contribution is -2.61. The number of phenolic OH excluding ortho intramolecular Hbond substituents is 2. The summed E-state index contributed by atoms with van der Waals surface area (Å²) in [5.74, 6) is -0.887. The maximum atomic E-state index is 14.0. The molecule has 0 heterocycles. The maximum Gasteiger partial charge on any atom is 0.333 e. The molecule has 42 heavy (non-hydrogen) atoms. The lowest BCUT2D eigenvalue weighted by atomic mass is 9.48. The van der Waals surface area contributed by atoms with Crippen LogP contribution in [0, 0.1) is 49.1 Å². The predicted octanol–water partition coefficient (Wildman–Crippen LogP) is 9.07. The van der Waals surface area contributed by atoms with Gasteiger partial charge in [0.25, 0.3) is 0 Å². The molecule has 6 nitrogen and oxygen atoms in total. The van der Waals surface area contributed by atoms with Crippen LogP contribution in [0.15, 0.2) is 24.3 Å². The number of halogens is 3. The third-order valence-corrected chi connectivity index (χ3v) is 12.4. The van der Waals surface area contributed by atoms with Gasteiger partial charge in [-0.05, 0) is 136 Å². The number of alkyl halides is 1. The molecule has 1 saturated carbocycles. The average molecular weight is 825 g/mol. The Labute approximate surface area is 282 Å². The summed E-state index contributed by atoms with van der Waals surface area (Å²) in [6.45, 7) is 17.6. The highest BCUT2D eigenvalue weighted by molar-refractivity contribution is 14.1. The van der Waals surface area contributed by atoms with Crippen LogP contribution in [0.2, 0.25) is 0 Å². The lowest BCUT2D eigenvalue weighted by Gasteiger charge is -2.57. The number of carbonyl (C=O) groups is 2. The van der Waals surface area contributed by atoms with Crippen molar-refractivity contribution in [1.82, 2.24) is 0 Å². The largest absolute Gasteiger partial charge is 0.507 e. The Kier molecular flexibility index (Phi) is 10.6. The molecule has 3 unspecified atom stereocenters. The zero-order valence-corrected chi connectivity index (χ0v) is 31.0. The number of carbonyl (C=O) groups excluding carboxylic acids is 2. The first-order valence-corrected chi connectivity index (χ1v) is 16.8. The quantitative estimate of drug-likeness (QED) is 0.108. The van der Waals surface area contributed by atoms with Crippen LogP contribution < -0.4 is 4.74 Å². The number of aryl methyl sites for hydroxylation is 2. The van der Waals surface area contributed by atoms with Crippen LogP contribution in [0.4, 0.5) is 0 Å². The van der Waals surface area contributed by atoms with Crippen LogP contribution in [0.25, 0.3) is 0 Å². The van der Waals surface area contributed by atoms with Crippen molar-refractivity contribution in [2.24, 2.45) is 28.1 Å². The van der Waals surface area contributed by atoms with E-state index in [1.54, 1.807) is 19.1 Å². The predicted molar refractivity (Wildman–Crippen MR) is 183 cm³/mol. The molecule has 0 radical (unpaired) electrons. The number of benzene rings is 2. The Bertz CT molecular complexity index is 1350. The standard InChI is InChI=1S/C33H43ClI2O6/c1-18(2)33(34,29(40)42-25-15-23(35)13-20(4)27(25)38)31(8,9)30(6,7)17-32(11-10-21(32)5)28(39)41-16-22-12-19(3)26(37)24(36)14-22/h12-15,18,21,37-38H,10-11,16-17H2,1-9H3. The topological polar surface area (TPSA) is 93.1 Å². The Morgan fingerprint density at radius 3 is 2.14 bits per heavy atom. The summed E-state index contributed by atoms with van der Waals surface area (Å²) < 4.78 is 13.3. The molecule has 232 valence electrons. The Morgan fingerprint density at radius 2 is 1.64 bits per heavy atom. The maximum absolute atomic E-state index is 14.0. The minimum absolute atomic E-state index is 0.0791.